The fourth-order valence-electron chi connectivity index (χ4n) is 3.06. The van der Waals surface area contributed by atoms with Gasteiger partial charge in [-0.2, -0.15) is 9.61 Å². The molecule has 9 heteroatoms. The minimum atomic E-state index is -0.296. The van der Waals surface area contributed by atoms with Crippen LogP contribution < -0.4 is 15.4 Å². The van der Waals surface area contributed by atoms with Gasteiger partial charge in [0.25, 0.3) is 5.91 Å². The maximum absolute atomic E-state index is 12.5. The molecule has 0 bridgehead atoms. The topological polar surface area (TPSA) is 111 Å². The molecule has 9 nitrogen and oxygen atoms in total. The van der Waals surface area contributed by atoms with Crippen molar-refractivity contribution in [1.82, 2.24) is 25.1 Å². The van der Waals surface area contributed by atoms with Crippen LogP contribution >= 0.6 is 0 Å². The van der Waals surface area contributed by atoms with Gasteiger partial charge in [-0.3, -0.25) is 9.59 Å². The van der Waals surface area contributed by atoms with Crippen LogP contribution in [-0.4, -0.2) is 38.7 Å². The van der Waals surface area contributed by atoms with Crippen molar-refractivity contribution in [2.45, 2.75) is 13.5 Å². The van der Waals surface area contributed by atoms with Crippen molar-refractivity contribution in [2.24, 2.45) is 0 Å². The predicted molar refractivity (Wildman–Crippen MR) is 115 cm³/mol. The minimum absolute atomic E-state index is 0.142. The summed E-state index contributed by atoms with van der Waals surface area (Å²) in [5, 5.41) is 18.3. The van der Waals surface area contributed by atoms with Crippen molar-refractivity contribution in [2.75, 3.05) is 12.4 Å². The zero-order valence-electron chi connectivity index (χ0n) is 17.0. The summed E-state index contributed by atoms with van der Waals surface area (Å²) in [5.74, 6) is 0.762. The first kappa shape index (κ1) is 20.0. The number of carbonyl (C=O) groups is 2. The van der Waals surface area contributed by atoms with E-state index in [9.17, 15) is 9.59 Å². The average Bonchev–Trinajstić information content (AvgIpc) is 3.19. The molecule has 0 fully saturated rings. The Hall–Kier alpha value is -4.27. The number of fused-ring (bicyclic) bond motifs is 1. The summed E-state index contributed by atoms with van der Waals surface area (Å²) in [5.41, 5.74) is 3.21. The Kier molecular flexibility index (Phi) is 5.57. The Labute approximate surface area is 178 Å². The first-order valence-corrected chi connectivity index (χ1v) is 9.55. The summed E-state index contributed by atoms with van der Waals surface area (Å²) in [6.45, 7) is 1.56. The molecule has 4 aromatic rings. The van der Waals surface area contributed by atoms with Crippen LogP contribution in [0.5, 0.6) is 5.75 Å². The molecule has 0 saturated carbocycles. The van der Waals surface area contributed by atoms with Crippen LogP contribution in [-0.2, 0) is 11.3 Å². The van der Waals surface area contributed by atoms with E-state index in [1.54, 1.807) is 35.9 Å². The summed E-state index contributed by atoms with van der Waals surface area (Å²) in [6, 6.07) is 17.9. The number of nitrogens with zero attached hydrogens (tertiary/aromatic N) is 4. The third-order valence-corrected chi connectivity index (χ3v) is 4.57. The number of hydrogen-bond donors (Lipinski definition) is 2. The molecule has 0 unspecified atom stereocenters. The van der Waals surface area contributed by atoms with Crippen LogP contribution in [0.1, 0.15) is 23.1 Å². The standard InChI is InChI=1S/C22H20N6O3/c1-14(29)24-17-5-3-4-16(12-17)22(30)23-13-21-26-25-20-11-10-19(27-28(20)21)15-6-8-18(31-2)9-7-15/h3-12H,13H2,1-2H3,(H,23,30)(H,24,29). The third kappa shape index (κ3) is 4.50. The van der Waals surface area contributed by atoms with Gasteiger partial charge in [0.05, 0.1) is 19.3 Å². The summed E-state index contributed by atoms with van der Waals surface area (Å²) < 4.78 is 6.80. The summed E-state index contributed by atoms with van der Waals surface area (Å²) in [6.07, 6.45) is 0. The lowest BCUT2D eigenvalue weighted by atomic mass is 10.1. The molecule has 2 amide bonds. The molecule has 31 heavy (non-hydrogen) atoms. The number of amides is 2. The second kappa shape index (κ2) is 8.62. The molecule has 2 aromatic carbocycles. The van der Waals surface area contributed by atoms with E-state index in [-0.39, 0.29) is 18.4 Å². The number of rotatable bonds is 6. The van der Waals surface area contributed by atoms with Crippen LogP contribution in [0.25, 0.3) is 16.9 Å². The number of anilines is 1. The second-order valence-corrected chi connectivity index (χ2v) is 6.78. The van der Waals surface area contributed by atoms with Gasteiger partial charge < -0.3 is 15.4 Å². The Morgan fingerprint density at radius 3 is 2.58 bits per heavy atom. The first-order valence-electron chi connectivity index (χ1n) is 9.55. The van der Waals surface area contributed by atoms with Crippen molar-refractivity contribution in [3.63, 3.8) is 0 Å². The van der Waals surface area contributed by atoms with Crippen molar-refractivity contribution in [3.05, 3.63) is 72.1 Å². The lowest BCUT2D eigenvalue weighted by molar-refractivity contribution is -0.114. The van der Waals surface area contributed by atoms with Gasteiger partial charge in [-0.25, -0.2) is 0 Å². The van der Waals surface area contributed by atoms with Gasteiger partial charge in [0.15, 0.2) is 11.5 Å². The molecule has 0 radical (unpaired) electrons. The third-order valence-electron chi connectivity index (χ3n) is 4.57. The number of nitrogens with one attached hydrogen (secondary N) is 2. The fraction of sp³-hybridized carbons (Fsp3) is 0.136. The van der Waals surface area contributed by atoms with Gasteiger partial charge in [-0.15, -0.1) is 10.2 Å². The molecule has 2 heterocycles. The maximum Gasteiger partial charge on any atom is 0.251 e. The Bertz CT molecular complexity index is 1250. The lowest BCUT2D eigenvalue weighted by Crippen LogP contribution is -2.24. The molecular weight excluding hydrogens is 396 g/mol. The van der Waals surface area contributed by atoms with Crippen molar-refractivity contribution >= 4 is 23.1 Å². The largest absolute Gasteiger partial charge is 0.497 e. The Balaban J connectivity index is 1.52. The van der Waals surface area contributed by atoms with E-state index in [4.69, 9.17) is 4.74 Å². The predicted octanol–water partition coefficient (Wildman–Crippen LogP) is 2.69. The van der Waals surface area contributed by atoms with Crippen molar-refractivity contribution < 1.29 is 14.3 Å². The highest BCUT2D eigenvalue weighted by atomic mass is 16.5. The van der Waals surface area contributed by atoms with E-state index in [0.29, 0.717) is 22.7 Å². The Morgan fingerprint density at radius 2 is 1.84 bits per heavy atom. The molecule has 0 atom stereocenters. The van der Waals surface area contributed by atoms with E-state index in [2.05, 4.69) is 25.9 Å². The molecule has 0 saturated heterocycles. The first-order chi connectivity index (χ1) is 15.0. The zero-order valence-corrected chi connectivity index (χ0v) is 17.0. The van der Waals surface area contributed by atoms with Crippen LogP contribution in [0.2, 0.25) is 0 Å². The van der Waals surface area contributed by atoms with Gasteiger partial charge in [0.1, 0.15) is 5.75 Å². The summed E-state index contributed by atoms with van der Waals surface area (Å²) >= 11 is 0. The van der Waals surface area contributed by atoms with Crippen LogP contribution in [0, 0.1) is 0 Å². The fourth-order valence-corrected chi connectivity index (χ4v) is 3.06. The van der Waals surface area contributed by atoms with Crippen LogP contribution in [0.4, 0.5) is 5.69 Å². The Morgan fingerprint density at radius 1 is 1.03 bits per heavy atom. The zero-order chi connectivity index (χ0) is 21.8. The monoisotopic (exact) mass is 416 g/mol. The van der Waals surface area contributed by atoms with Gasteiger partial charge in [-0.1, -0.05) is 6.07 Å². The SMILES string of the molecule is COc1ccc(-c2ccc3nnc(CNC(=O)c4cccc(NC(C)=O)c4)n3n2)cc1. The minimum Gasteiger partial charge on any atom is -0.497 e. The lowest BCUT2D eigenvalue weighted by Gasteiger charge is -2.07. The molecule has 0 aliphatic heterocycles. The van der Waals surface area contributed by atoms with E-state index < -0.39 is 0 Å². The van der Waals surface area contributed by atoms with Crippen LogP contribution in [0.15, 0.2) is 60.7 Å². The highest BCUT2D eigenvalue weighted by molar-refractivity contribution is 5.96. The van der Waals surface area contributed by atoms with Gasteiger partial charge in [0.2, 0.25) is 5.91 Å². The molecule has 156 valence electrons. The number of methoxy groups -OCH3 is 1. The molecular formula is C22H20N6O3. The van der Waals surface area contributed by atoms with E-state index >= 15 is 0 Å². The smallest absolute Gasteiger partial charge is 0.251 e. The van der Waals surface area contributed by atoms with Gasteiger partial charge in [0, 0.05) is 23.7 Å². The van der Waals surface area contributed by atoms with Crippen molar-refractivity contribution in [3.8, 4) is 17.0 Å². The summed E-state index contributed by atoms with van der Waals surface area (Å²) in [7, 11) is 1.62. The number of hydrogen-bond acceptors (Lipinski definition) is 6. The second-order valence-electron chi connectivity index (χ2n) is 6.78. The van der Waals surface area contributed by atoms with E-state index in [1.807, 2.05) is 36.4 Å². The van der Waals surface area contributed by atoms with Crippen molar-refractivity contribution in [1.29, 1.82) is 0 Å². The van der Waals surface area contributed by atoms with Gasteiger partial charge >= 0.3 is 0 Å². The molecule has 4 rings (SSSR count). The van der Waals surface area contributed by atoms with E-state index in [1.165, 1.54) is 6.92 Å². The molecule has 2 aromatic heterocycles. The highest BCUT2D eigenvalue weighted by Gasteiger charge is 2.12. The van der Waals surface area contributed by atoms with Gasteiger partial charge in [-0.05, 0) is 54.6 Å². The normalized spacial score (nSPS) is 10.6. The molecule has 0 spiro atoms. The number of benzene rings is 2. The van der Waals surface area contributed by atoms with Crippen LogP contribution in [0.3, 0.4) is 0 Å². The molecule has 0 aliphatic carbocycles. The quantitative estimate of drug-likeness (QED) is 0.500. The highest BCUT2D eigenvalue weighted by Crippen LogP contribution is 2.21. The maximum atomic E-state index is 12.5. The molecule has 0 aliphatic rings. The average molecular weight is 416 g/mol. The van der Waals surface area contributed by atoms with E-state index in [0.717, 1.165) is 17.0 Å². The number of ether oxygens (including phenoxy) is 1. The molecule has 2 N–H and O–H groups in total. The summed E-state index contributed by atoms with van der Waals surface area (Å²) in [4.78, 5) is 23.8. The number of carbonyl (C=O) groups excluding carboxylic acids is 2. The number of aromatic nitrogens is 4.